The number of rotatable bonds is 10. The Morgan fingerprint density at radius 3 is 2.89 bits per heavy atom. The fourth-order valence-electron chi connectivity index (χ4n) is 1.13. The summed E-state index contributed by atoms with van der Waals surface area (Å²) >= 11 is 0. The number of amides is 1. The highest BCUT2D eigenvalue weighted by Crippen LogP contribution is 1.94. The van der Waals surface area contributed by atoms with Crippen molar-refractivity contribution in [2.45, 2.75) is 25.3 Å². The van der Waals surface area contributed by atoms with Crippen LogP contribution in [0.15, 0.2) is 5.11 Å². The molecular weight excluding hydrogens is 252 g/mol. The normalized spacial score (nSPS) is 11.2. The number of guanidine groups is 1. The predicted octanol–water partition coefficient (Wildman–Crippen LogP) is -0.675. The Morgan fingerprint density at radius 2 is 2.26 bits per heavy atom. The van der Waals surface area contributed by atoms with E-state index in [1.807, 2.05) is 0 Å². The lowest BCUT2D eigenvalue weighted by Gasteiger charge is -2.12. The summed E-state index contributed by atoms with van der Waals surface area (Å²) in [6.07, 6.45) is 1.58. The third-order valence-electron chi connectivity index (χ3n) is 2.08. The monoisotopic (exact) mass is 272 g/mol. The van der Waals surface area contributed by atoms with Crippen molar-refractivity contribution in [3.8, 4) is 0 Å². The van der Waals surface area contributed by atoms with Crippen LogP contribution in [0.25, 0.3) is 10.4 Å². The van der Waals surface area contributed by atoms with Crippen molar-refractivity contribution in [1.29, 1.82) is 5.41 Å². The molecule has 7 N–H and O–H groups in total. The molecule has 0 aromatic carbocycles. The summed E-state index contributed by atoms with van der Waals surface area (Å²) in [4.78, 5) is 18.9. The second-order valence-corrected chi connectivity index (χ2v) is 3.71. The maximum Gasteiger partial charge on any atom is 0.260 e. The molecule has 0 spiro atoms. The molecule has 19 heavy (non-hydrogen) atoms. The molecule has 1 atom stereocenters. The van der Waals surface area contributed by atoms with E-state index in [1.165, 1.54) is 0 Å². The number of azide groups is 1. The van der Waals surface area contributed by atoms with Crippen molar-refractivity contribution in [2.75, 3.05) is 19.7 Å². The zero-order chi connectivity index (χ0) is 14.5. The number of nitrogens with one attached hydrogen (secondary N) is 3. The van der Waals surface area contributed by atoms with Gasteiger partial charge in [-0.05, 0) is 24.8 Å². The van der Waals surface area contributed by atoms with E-state index in [0.29, 0.717) is 32.4 Å². The topological polar surface area (TPSA) is 175 Å². The quantitative estimate of drug-likeness (QED) is 0.0672. The molecule has 1 amide bonds. The number of hydroxylamine groups is 1. The van der Waals surface area contributed by atoms with Crippen molar-refractivity contribution in [1.82, 2.24) is 10.8 Å². The first kappa shape index (κ1) is 17.0. The molecular formula is C9H20N8O2. The van der Waals surface area contributed by atoms with Crippen LogP contribution in [0, 0.1) is 5.41 Å². The van der Waals surface area contributed by atoms with Gasteiger partial charge in [0.15, 0.2) is 5.96 Å². The lowest BCUT2D eigenvalue weighted by atomic mass is 10.1. The lowest BCUT2D eigenvalue weighted by Crippen LogP contribution is -2.41. The van der Waals surface area contributed by atoms with Gasteiger partial charge in [-0.1, -0.05) is 5.11 Å². The fourth-order valence-corrected chi connectivity index (χ4v) is 1.13. The molecule has 0 rings (SSSR count). The van der Waals surface area contributed by atoms with Gasteiger partial charge in [-0.15, -0.1) is 0 Å². The van der Waals surface area contributed by atoms with E-state index in [1.54, 1.807) is 0 Å². The van der Waals surface area contributed by atoms with Crippen molar-refractivity contribution in [2.24, 2.45) is 16.6 Å². The van der Waals surface area contributed by atoms with E-state index < -0.39 is 11.9 Å². The van der Waals surface area contributed by atoms with Gasteiger partial charge >= 0.3 is 0 Å². The largest absolute Gasteiger partial charge is 0.370 e. The number of hydrogen-bond acceptors (Lipinski definition) is 5. The smallest absolute Gasteiger partial charge is 0.260 e. The molecule has 0 saturated carbocycles. The van der Waals surface area contributed by atoms with E-state index in [0.717, 1.165) is 0 Å². The van der Waals surface area contributed by atoms with Crippen LogP contribution in [0.1, 0.15) is 19.3 Å². The molecule has 0 aromatic heterocycles. The maximum atomic E-state index is 11.4. The number of carbonyl (C=O) groups excluding carboxylic acids is 1. The van der Waals surface area contributed by atoms with Crippen molar-refractivity contribution in [3.05, 3.63) is 10.4 Å². The van der Waals surface area contributed by atoms with Gasteiger partial charge in [0.05, 0.1) is 12.6 Å². The molecule has 10 heteroatoms. The van der Waals surface area contributed by atoms with Gasteiger partial charge in [-0.3, -0.25) is 15.0 Å². The summed E-state index contributed by atoms with van der Waals surface area (Å²) in [7, 11) is 0. The second-order valence-electron chi connectivity index (χ2n) is 3.71. The van der Waals surface area contributed by atoms with E-state index in [2.05, 4.69) is 20.8 Å². The van der Waals surface area contributed by atoms with Gasteiger partial charge in [0.2, 0.25) is 0 Å². The minimum Gasteiger partial charge on any atom is -0.370 e. The SMILES string of the molecule is [N-]=[N+]=NCCCONC(=O)[C@@H](N)CCCNC(=N)N. The molecule has 0 aliphatic rings. The summed E-state index contributed by atoms with van der Waals surface area (Å²) in [5, 5.41) is 12.9. The van der Waals surface area contributed by atoms with Gasteiger partial charge in [0.1, 0.15) is 0 Å². The molecule has 10 nitrogen and oxygen atoms in total. The van der Waals surface area contributed by atoms with E-state index in [-0.39, 0.29) is 12.6 Å². The van der Waals surface area contributed by atoms with Crippen LogP contribution in [-0.2, 0) is 9.63 Å². The Balaban J connectivity index is 3.53. The third kappa shape index (κ3) is 10.8. The molecule has 0 aromatic rings. The molecule has 0 heterocycles. The minimum atomic E-state index is -0.675. The fraction of sp³-hybridized carbons (Fsp3) is 0.778. The number of carbonyl (C=O) groups is 1. The Bertz CT molecular complexity index is 328. The second kappa shape index (κ2) is 11.1. The van der Waals surface area contributed by atoms with Crippen LogP contribution < -0.4 is 22.3 Å². The van der Waals surface area contributed by atoms with Gasteiger partial charge < -0.3 is 16.8 Å². The van der Waals surface area contributed by atoms with Crippen molar-refractivity contribution < 1.29 is 9.63 Å². The zero-order valence-electron chi connectivity index (χ0n) is 10.6. The molecule has 0 aliphatic carbocycles. The Labute approximate surface area is 110 Å². The highest BCUT2D eigenvalue weighted by molar-refractivity contribution is 5.80. The van der Waals surface area contributed by atoms with E-state index in [4.69, 9.17) is 27.2 Å². The Kier molecular flexibility index (Phi) is 9.90. The summed E-state index contributed by atoms with van der Waals surface area (Å²) in [6, 6.07) is -0.675. The van der Waals surface area contributed by atoms with Crippen LogP contribution in [0.3, 0.4) is 0 Å². The molecule has 0 radical (unpaired) electrons. The first-order valence-corrected chi connectivity index (χ1v) is 5.84. The highest BCUT2D eigenvalue weighted by Gasteiger charge is 2.12. The minimum absolute atomic E-state index is 0.110. The van der Waals surface area contributed by atoms with Crippen LogP contribution in [-0.4, -0.2) is 37.6 Å². The average Bonchev–Trinajstić information content (AvgIpc) is 2.38. The van der Waals surface area contributed by atoms with E-state index in [9.17, 15) is 4.79 Å². The van der Waals surface area contributed by atoms with Crippen LogP contribution in [0.2, 0.25) is 0 Å². The Morgan fingerprint density at radius 1 is 1.53 bits per heavy atom. The standard InChI is InChI=1S/C9H20N8O2/c10-7(3-1-4-14-9(11)12)8(18)16-19-6-2-5-15-17-13/h7H,1-6,10H2,(H,16,18)(H4,11,12,14)/t7-/m0/s1. The lowest BCUT2D eigenvalue weighted by molar-refractivity contribution is -0.135. The third-order valence-corrected chi connectivity index (χ3v) is 2.08. The van der Waals surface area contributed by atoms with E-state index >= 15 is 0 Å². The Hall–Kier alpha value is -2.03. The number of nitrogens with two attached hydrogens (primary N) is 2. The molecule has 0 fully saturated rings. The van der Waals surface area contributed by atoms with Gasteiger partial charge in [0, 0.05) is 18.0 Å². The van der Waals surface area contributed by atoms with Gasteiger partial charge in [0.25, 0.3) is 5.91 Å². The summed E-state index contributed by atoms with van der Waals surface area (Å²) in [5.74, 6) is -0.520. The van der Waals surface area contributed by atoms with Crippen LogP contribution in [0.5, 0.6) is 0 Å². The number of nitrogens with zero attached hydrogens (tertiary/aromatic N) is 3. The summed E-state index contributed by atoms with van der Waals surface area (Å²) < 4.78 is 0. The number of hydrogen-bond donors (Lipinski definition) is 5. The zero-order valence-corrected chi connectivity index (χ0v) is 10.6. The molecule has 0 saturated heterocycles. The molecule has 108 valence electrons. The summed E-state index contributed by atoms with van der Waals surface area (Å²) in [6.45, 7) is 1.06. The molecule has 0 bridgehead atoms. The first-order chi connectivity index (χ1) is 9.07. The predicted molar refractivity (Wildman–Crippen MR) is 69.9 cm³/mol. The van der Waals surface area contributed by atoms with Crippen LogP contribution >= 0.6 is 0 Å². The summed E-state index contributed by atoms with van der Waals surface area (Å²) in [5.41, 5.74) is 21.0. The van der Waals surface area contributed by atoms with Gasteiger partial charge in [-0.2, -0.15) is 0 Å². The van der Waals surface area contributed by atoms with Crippen molar-refractivity contribution in [3.63, 3.8) is 0 Å². The maximum absolute atomic E-state index is 11.4. The van der Waals surface area contributed by atoms with Gasteiger partial charge in [-0.25, -0.2) is 5.48 Å². The highest BCUT2D eigenvalue weighted by atomic mass is 16.6. The molecule has 0 unspecified atom stereocenters. The van der Waals surface area contributed by atoms with Crippen LogP contribution in [0.4, 0.5) is 0 Å². The average molecular weight is 272 g/mol. The first-order valence-electron chi connectivity index (χ1n) is 5.84. The van der Waals surface area contributed by atoms with Crippen molar-refractivity contribution >= 4 is 11.9 Å². The molecule has 0 aliphatic heterocycles.